The summed E-state index contributed by atoms with van der Waals surface area (Å²) in [5.41, 5.74) is 0.0729. The molecule has 0 fully saturated rings. The van der Waals surface area contributed by atoms with Crippen LogP contribution in [0.4, 0.5) is 15.8 Å². The van der Waals surface area contributed by atoms with Crippen LogP contribution in [-0.4, -0.2) is 17.7 Å². The average molecular weight is 371 g/mol. The van der Waals surface area contributed by atoms with Crippen LogP contribution in [0.2, 0.25) is 0 Å². The van der Waals surface area contributed by atoms with E-state index in [4.69, 9.17) is 0 Å². The first kappa shape index (κ1) is 20.1. The van der Waals surface area contributed by atoms with Crippen LogP contribution in [0.1, 0.15) is 26.3 Å². The van der Waals surface area contributed by atoms with E-state index in [9.17, 15) is 18.8 Å². The third-order valence-corrected chi connectivity index (χ3v) is 4.00. The zero-order chi connectivity index (χ0) is 20.0. The molecule has 0 saturated heterocycles. The fourth-order valence-corrected chi connectivity index (χ4v) is 2.27. The second kappa shape index (κ2) is 8.44. The van der Waals surface area contributed by atoms with Gasteiger partial charge in [-0.1, -0.05) is 18.2 Å². The molecule has 2 aromatic carbocycles. The van der Waals surface area contributed by atoms with Gasteiger partial charge in [0.1, 0.15) is 11.2 Å². The molecule has 0 saturated carbocycles. The molecular weight excluding hydrogens is 349 g/mol. The molecule has 0 aliphatic heterocycles. The minimum atomic E-state index is -1.36. The van der Waals surface area contributed by atoms with Crippen LogP contribution in [0.25, 0.3) is 0 Å². The molecular formula is C20H22FN3O3. The van der Waals surface area contributed by atoms with Crippen molar-refractivity contribution in [3.8, 4) is 0 Å². The summed E-state index contributed by atoms with van der Waals surface area (Å²) < 4.78 is 13.6. The summed E-state index contributed by atoms with van der Waals surface area (Å²) in [4.78, 5) is 35.9. The van der Waals surface area contributed by atoms with Crippen LogP contribution in [-0.2, 0) is 20.9 Å². The molecule has 0 bridgehead atoms. The highest BCUT2D eigenvalue weighted by Crippen LogP contribution is 2.21. The van der Waals surface area contributed by atoms with Crippen molar-refractivity contribution in [1.82, 2.24) is 5.32 Å². The number of halogens is 1. The quantitative estimate of drug-likeness (QED) is 0.682. The van der Waals surface area contributed by atoms with Crippen molar-refractivity contribution < 1.29 is 18.8 Å². The van der Waals surface area contributed by atoms with E-state index >= 15 is 0 Å². The molecule has 7 heteroatoms. The minimum Gasteiger partial charge on any atom is -0.351 e. The van der Waals surface area contributed by atoms with Gasteiger partial charge in [0.15, 0.2) is 0 Å². The average Bonchev–Trinajstić information content (AvgIpc) is 2.61. The third-order valence-electron chi connectivity index (χ3n) is 4.00. The highest BCUT2D eigenvalue weighted by Gasteiger charge is 2.36. The Morgan fingerprint density at radius 3 is 2.00 bits per heavy atom. The van der Waals surface area contributed by atoms with Gasteiger partial charge in [-0.05, 0) is 44.2 Å². The number of carbonyl (C=O) groups is 3. The molecule has 0 aliphatic carbocycles. The number of hydrogen-bond donors (Lipinski definition) is 3. The van der Waals surface area contributed by atoms with E-state index in [1.165, 1.54) is 26.8 Å². The largest absolute Gasteiger partial charge is 0.351 e. The van der Waals surface area contributed by atoms with Gasteiger partial charge in [-0.3, -0.25) is 14.4 Å². The van der Waals surface area contributed by atoms with Gasteiger partial charge < -0.3 is 16.0 Å². The van der Waals surface area contributed by atoms with Gasteiger partial charge in [0.2, 0.25) is 17.7 Å². The molecule has 0 aliphatic rings. The lowest BCUT2D eigenvalue weighted by atomic mass is 9.90. The van der Waals surface area contributed by atoms with Crippen LogP contribution in [0.3, 0.4) is 0 Å². The topological polar surface area (TPSA) is 87.3 Å². The lowest BCUT2D eigenvalue weighted by Crippen LogP contribution is -2.44. The summed E-state index contributed by atoms with van der Waals surface area (Å²) in [6.07, 6.45) is 0. The van der Waals surface area contributed by atoms with Crippen LogP contribution >= 0.6 is 0 Å². The second-order valence-electron chi connectivity index (χ2n) is 6.61. The Morgan fingerprint density at radius 2 is 1.44 bits per heavy atom. The molecule has 0 heterocycles. The van der Waals surface area contributed by atoms with Crippen molar-refractivity contribution in [3.05, 3.63) is 59.9 Å². The smallest absolute Gasteiger partial charge is 0.239 e. The summed E-state index contributed by atoms with van der Waals surface area (Å²) in [7, 11) is 0. The molecule has 2 aromatic rings. The Labute approximate surface area is 157 Å². The third kappa shape index (κ3) is 5.37. The van der Waals surface area contributed by atoms with Crippen molar-refractivity contribution in [2.24, 2.45) is 5.41 Å². The van der Waals surface area contributed by atoms with E-state index in [-0.39, 0.29) is 12.5 Å². The Bertz CT molecular complexity index is 848. The fourth-order valence-electron chi connectivity index (χ4n) is 2.27. The molecule has 0 aromatic heterocycles. The van der Waals surface area contributed by atoms with E-state index in [2.05, 4.69) is 16.0 Å². The minimum absolute atomic E-state index is 0.00632. The summed E-state index contributed by atoms with van der Waals surface area (Å²) in [6.45, 7) is 4.38. The monoisotopic (exact) mass is 371 g/mol. The lowest BCUT2D eigenvalue weighted by Gasteiger charge is -2.23. The van der Waals surface area contributed by atoms with Crippen LogP contribution in [0.5, 0.6) is 0 Å². The molecule has 2 rings (SSSR count). The summed E-state index contributed by atoms with van der Waals surface area (Å²) in [6, 6.07) is 12.6. The molecule has 27 heavy (non-hydrogen) atoms. The van der Waals surface area contributed by atoms with Gasteiger partial charge >= 0.3 is 0 Å². The Hall–Kier alpha value is -3.22. The van der Waals surface area contributed by atoms with E-state index in [0.717, 1.165) is 0 Å². The predicted molar refractivity (Wildman–Crippen MR) is 101 cm³/mol. The molecule has 0 atom stereocenters. The van der Waals surface area contributed by atoms with Crippen molar-refractivity contribution in [1.29, 1.82) is 0 Å². The van der Waals surface area contributed by atoms with Crippen LogP contribution < -0.4 is 16.0 Å². The summed E-state index contributed by atoms with van der Waals surface area (Å²) in [5, 5.41) is 7.88. The number of anilines is 2. The van der Waals surface area contributed by atoms with Gasteiger partial charge in [-0.25, -0.2) is 4.39 Å². The number of amides is 3. The van der Waals surface area contributed by atoms with Crippen molar-refractivity contribution in [3.63, 3.8) is 0 Å². The molecule has 0 radical (unpaired) electrons. The van der Waals surface area contributed by atoms with Gasteiger partial charge in [0.05, 0.1) is 0 Å². The molecule has 3 amide bonds. The van der Waals surface area contributed by atoms with Gasteiger partial charge in [0, 0.05) is 30.4 Å². The lowest BCUT2D eigenvalue weighted by molar-refractivity contribution is -0.138. The summed E-state index contributed by atoms with van der Waals surface area (Å²) >= 11 is 0. The van der Waals surface area contributed by atoms with Crippen LogP contribution in [0.15, 0.2) is 48.5 Å². The summed E-state index contributed by atoms with van der Waals surface area (Å²) in [5.74, 6) is -1.63. The maximum Gasteiger partial charge on any atom is 0.239 e. The molecule has 142 valence electrons. The first-order chi connectivity index (χ1) is 12.7. The second-order valence-corrected chi connectivity index (χ2v) is 6.61. The Kier molecular flexibility index (Phi) is 6.28. The first-order valence-electron chi connectivity index (χ1n) is 8.41. The Morgan fingerprint density at radius 1 is 0.889 bits per heavy atom. The zero-order valence-electron chi connectivity index (χ0n) is 15.4. The number of hydrogen-bond acceptors (Lipinski definition) is 3. The van der Waals surface area contributed by atoms with Crippen molar-refractivity contribution in [2.75, 3.05) is 10.6 Å². The fraction of sp³-hybridized carbons (Fsp3) is 0.250. The van der Waals surface area contributed by atoms with E-state index in [1.807, 2.05) is 0 Å². The highest BCUT2D eigenvalue weighted by atomic mass is 19.1. The first-order valence-corrected chi connectivity index (χ1v) is 8.41. The zero-order valence-corrected chi connectivity index (χ0v) is 15.4. The Balaban J connectivity index is 1.98. The predicted octanol–water partition coefficient (Wildman–Crippen LogP) is 3.07. The maximum absolute atomic E-state index is 13.6. The molecule has 3 N–H and O–H groups in total. The normalized spacial score (nSPS) is 10.8. The molecule has 6 nitrogen and oxygen atoms in total. The van der Waals surface area contributed by atoms with Gasteiger partial charge in [-0.15, -0.1) is 0 Å². The van der Waals surface area contributed by atoms with E-state index in [1.54, 1.807) is 42.5 Å². The van der Waals surface area contributed by atoms with E-state index in [0.29, 0.717) is 16.9 Å². The van der Waals surface area contributed by atoms with Crippen molar-refractivity contribution >= 4 is 29.1 Å². The SMILES string of the molecule is CC(=O)Nc1ccc(NC(=O)C(C)(C)C(=O)NCc2ccccc2F)cc1. The number of nitrogens with one attached hydrogen (secondary N) is 3. The van der Waals surface area contributed by atoms with Crippen LogP contribution in [0, 0.1) is 11.2 Å². The number of rotatable bonds is 6. The number of carbonyl (C=O) groups excluding carboxylic acids is 3. The standard InChI is InChI=1S/C20H22FN3O3/c1-13(25)23-15-8-10-16(11-9-15)24-19(27)20(2,3)18(26)22-12-14-6-4-5-7-17(14)21/h4-11H,12H2,1-3H3,(H,22,26)(H,23,25)(H,24,27). The van der Waals surface area contributed by atoms with Crippen molar-refractivity contribution in [2.45, 2.75) is 27.3 Å². The highest BCUT2D eigenvalue weighted by molar-refractivity contribution is 6.09. The number of benzene rings is 2. The maximum atomic E-state index is 13.6. The van der Waals surface area contributed by atoms with Gasteiger partial charge in [0.25, 0.3) is 0 Å². The molecule has 0 unspecified atom stereocenters. The van der Waals surface area contributed by atoms with E-state index < -0.39 is 23.0 Å². The molecule has 0 spiro atoms. The van der Waals surface area contributed by atoms with Gasteiger partial charge in [-0.2, -0.15) is 0 Å².